The van der Waals surface area contributed by atoms with Crippen molar-refractivity contribution in [2.75, 3.05) is 12.0 Å². The SMILES string of the molecule is Cn1cccc1CNc1cnn(CCF)c1. The predicted octanol–water partition coefficient (Wildman–Crippen LogP) is 1.80. The molecule has 0 atom stereocenters. The zero-order valence-corrected chi connectivity index (χ0v) is 9.23. The normalized spacial score (nSPS) is 10.6. The molecule has 0 fully saturated rings. The highest BCUT2D eigenvalue weighted by Gasteiger charge is 2.00. The van der Waals surface area contributed by atoms with E-state index in [1.54, 1.807) is 10.9 Å². The molecule has 0 spiro atoms. The molecule has 16 heavy (non-hydrogen) atoms. The molecule has 5 heteroatoms. The maximum Gasteiger partial charge on any atom is 0.109 e. The molecule has 2 rings (SSSR count). The van der Waals surface area contributed by atoms with Gasteiger partial charge in [0, 0.05) is 25.1 Å². The molecule has 0 aliphatic carbocycles. The van der Waals surface area contributed by atoms with E-state index in [0.717, 1.165) is 12.2 Å². The Hall–Kier alpha value is -1.78. The van der Waals surface area contributed by atoms with E-state index in [-0.39, 0.29) is 6.67 Å². The largest absolute Gasteiger partial charge is 0.377 e. The van der Waals surface area contributed by atoms with Gasteiger partial charge in [-0.05, 0) is 12.1 Å². The van der Waals surface area contributed by atoms with E-state index >= 15 is 0 Å². The van der Waals surface area contributed by atoms with Gasteiger partial charge in [0.25, 0.3) is 0 Å². The number of anilines is 1. The summed E-state index contributed by atoms with van der Waals surface area (Å²) in [5, 5.41) is 7.28. The average molecular weight is 222 g/mol. The van der Waals surface area contributed by atoms with E-state index in [1.165, 1.54) is 5.69 Å². The second kappa shape index (κ2) is 4.83. The van der Waals surface area contributed by atoms with Crippen molar-refractivity contribution in [1.29, 1.82) is 0 Å². The number of aryl methyl sites for hydroxylation is 2. The van der Waals surface area contributed by atoms with Gasteiger partial charge < -0.3 is 9.88 Å². The summed E-state index contributed by atoms with van der Waals surface area (Å²) >= 11 is 0. The van der Waals surface area contributed by atoms with Crippen LogP contribution in [0, 0.1) is 0 Å². The number of rotatable bonds is 5. The first-order valence-electron chi connectivity index (χ1n) is 5.22. The van der Waals surface area contributed by atoms with Crippen molar-refractivity contribution in [3.8, 4) is 0 Å². The van der Waals surface area contributed by atoms with Gasteiger partial charge in [-0.2, -0.15) is 5.10 Å². The van der Waals surface area contributed by atoms with Gasteiger partial charge in [0.15, 0.2) is 0 Å². The summed E-state index contributed by atoms with van der Waals surface area (Å²) in [6, 6.07) is 4.06. The molecular weight excluding hydrogens is 207 g/mol. The van der Waals surface area contributed by atoms with E-state index in [4.69, 9.17) is 0 Å². The molecule has 0 aliphatic rings. The van der Waals surface area contributed by atoms with Gasteiger partial charge in [-0.1, -0.05) is 0 Å². The number of halogens is 1. The van der Waals surface area contributed by atoms with Gasteiger partial charge in [0.2, 0.25) is 0 Å². The molecule has 2 heterocycles. The first-order chi connectivity index (χ1) is 7.79. The topological polar surface area (TPSA) is 34.8 Å². The molecule has 0 bridgehead atoms. The van der Waals surface area contributed by atoms with Gasteiger partial charge in [-0.25, -0.2) is 4.39 Å². The summed E-state index contributed by atoms with van der Waals surface area (Å²) in [6.07, 6.45) is 5.52. The van der Waals surface area contributed by atoms with Crippen LogP contribution in [-0.4, -0.2) is 21.0 Å². The fraction of sp³-hybridized carbons (Fsp3) is 0.364. The van der Waals surface area contributed by atoms with Crippen LogP contribution in [0.15, 0.2) is 30.7 Å². The number of alkyl halides is 1. The third kappa shape index (κ3) is 2.42. The van der Waals surface area contributed by atoms with Crippen molar-refractivity contribution in [2.24, 2.45) is 7.05 Å². The molecule has 4 nitrogen and oxygen atoms in total. The molecule has 1 N–H and O–H groups in total. The fourth-order valence-electron chi connectivity index (χ4n) is 1.54. The van der Waals surface area contributed by atoms with Crippen LogP contribution in [0.25, 0.3) is 0 Å². The molecule has 0 aromatic carbocycles. The van der Waals surface area contributed by atoms with Crippen LogP contribution in [0.4, 0.5) is 10.1 Å². The molecule has 0 radical (unpaired) electrons. The summed E-state index contributed by atoms with van der Waals surface area (Å²) in [5.41, 5.74) is 2.10. The lowest BCUT2D eigenvalue weighted by atomic mass is 10.4. The second-order valence-electron chi connectivity index (χ2n) is 3.65. The predicted molar refractivity (Wildman–Crippen MR) is 60.9 cm³/mol. The van der Waals surface area contributed by atoms with Crippen molar-refractivity contribution in [1.82, 2.24) is 14.3 Å². The number of nitrogens with one attached hydrogen (secondary N) is 1. The van der Waals surface area contributed by atoms with E-state index in [0.29, 0.717) is 6.54 Å². The molecule has 86 valence electrons. The lowest BCUT2D eigenvalue weighted by Gasteiger charge is -2.04. The molecule has 2 aromatic heterocycles. The van der Waals surface area contributed by atoms with Crippen LogP contribution in [-0.2, 0) is 20.1 Å². The fourth-order valence-corrected chi connectivity index (χ4v) is 1.54. The minimum absolute atomic E-state index is 0.311. The van der Waals surface area contributed by atoms with Crippen LogP contribution in [0.3, 0.4) is 0 Å². The Morgan fingerprint density at radius 3 is 3.06 bits per heavy atom. The highest BCUT2D eigenvalue weighted by molar-refractivity contribution is 5.38. The minimum atomic E-state index is -0.390. The Morgan fingerprint density at radius 2 is 2.38 bits per heavy atom. The van der Waals surface area contributed by atoms with Crippen molar-refractivity contribution < 1.29 is 4.39 Å². The first kappa shape index (κ1) is 10.7. The Bertz CT molecular complexity index is 446. The standard InChI is InChI=1S/C11H15FN4/c1-15-5-2-3-11(15)8-13-10-7-14-16(9-10)6-4-12/h2-3,5,7,9,13H,4,6,8H2,1H3. The molecule has 0 saturated carbocycles. The maximum absolute atomic E-state index is 12.1. The smallest absolute Gasteiger partial charge is 0.109 e. The third-order valence-corrected chi connectivity index (χ3v) is 2.47. The van der Waals surface area contributed by atoms with Crippen molar-refractivity contribution in [2.45, 2.75) is 13.1 Å². The van der Waals surface area contributed by atoms with Gasteiger partial charge in [0.1, 0.15) is 6.67 Å². The molecule has 2 aromatic rings. The first-order valence-corrected chi connectivity index (χ1v) is 5.22. The number of nitrogens with zero attached hydrogens (tertiary/aromatic N) is 3. The van der Waals surface area contributed by atoms with Crippen LogP contribution in [0.5, 0.6) is 0 Å². The van der Waals surface area contributed by atoms with Crippen LogP contribution < -0.4 is 5.32 Å². The highest BCUT2D eigenvalue weighted by atomic mass is 19.1. The van der Waals surface area contributed by atoms with Crippen LogP contribution in [0.2, 0.25) is 0 Å². The Kier molecular flexibility index (Phi) is 3.24. The second-order valence-corrected chi connectivity index (χ2v) is 3.65. The number of hydrogen-bond donors (Lipinski definition) is 1. The zero-order chi connectivity index (χ0) is 11.4. The third-order valence-electron chi connectivity index (χ3n) is 2.47. The average Bonchev–Trinajstić information content (AvgIpc) is 2.86. The van der Waals surface area contributed by atoms with Crippen LogP contribution in [0.1, 0.15) is 5.69 Å². The monoisotopic (exact) mass is 222 g/mol. The Morgan fingerprint density at radius 1 is 1.50 bits per heavy atom. The van der Waals surface area contributed by atoms with E-state index in [9.17, 15) is 4.39 Å². The summed E-state index contributed by atoms with van der Waals surface area (Å²) < 4.78 is 15.7. The number of hydrogen-bond acceptors (Lipinski definition) is 2. The number of aromatic nitrogens is 3. The zero-order valence-electron chi connectivity index (χ0n) is 9.23. The van der Waals surface area contributed by atoms with E-state index < -0.39 is 0 Å². The minimum Gasteiger partial charge on any atom is -0.377 e. The molecule has 0 aliphatic heterocycles. The lowest BCUT2D eigenvalue weighted by Crippen LogP contribution is -2.03. The van der Waals surface area contributed by atoms with Gasteiger partial charge in [0.05, 0.1) is 25.0 Å². The Balaban J connectivity index is 1.92. The van der Waals surface area contributed by atoms with Crippen LogP contribution >= 0.6 is 0 Å². The van der Waals surface area contributed by atoms with Gasteiger partial charge >= 0.3 is 0 Å². The van der Waals surface area contributed by atoms with Crippen molar-refractivity contribution in [3.63, 3.8) is 0 Å². The lowest BCUT2D eigenvalue weighted by molar-refractivity contribution is 0.427. The van der Waals surface area contributed by atoms with Crippen molar-refractivity contribution >= 4 is 5.69 Å². The highest BCUT2D eigenvalue weighted by Crippen LogP contribution is 2.08. The van der Waals surface area contributed by atoms with Crippen molar-refractivity contribution in [3.05, 3.63) is 36.4 Å². The molecular formula is C11H15FN4. The van der Waals surface area contributed by atoms with E-state index in [2.05, 4.69) is 21.0 Å². The molecule has 0 unspecified atom stereocenters. The van der Waals surface area contributed by atoms with Gasteiger partial charge in [-0.3, -0.25) is 4.68 Å². The Labute approximate surface area is 93.7 Å². The van der Waals surface area contributed by atoms with E-state index in [1.807, 2.05) is 25.5 Å². The summed E-state index contributed by atoms with van der Waals surface area (Å²) in [7, 11) is 2.00. The summed E-state index contributed by atoms with van der Waals surface area (Å²) in [6.45, 7) is 0.662. The van der Waals surface area contributed by atoms with Gasteiger partial charge in [-0.15, -0.1) is 0 Å². The maximum atomic E-state index is 12.1. The molecule has 0 amide bonds. The summed E-state index contributed by atoms with van der Waals surface area (Å²) in [4.78, 5) is 0. The summed E-state index contributed by atoms with van der Waals surface area (Å²) in [5.74, 6) is 0. The quantitative estimate of drug-likeness (QED) is 0.837. The molecule has 0 saturated heterocycles.